The van der Waals surface area contributed by atoms with Crippen LogP contribution in [0.3, 0.4) is 0 Å². The van der Waals surface area contributed by atoms with Crippen molar-refractivity contribution in [2.24, 2.45) is 0 Å². The highest BCUT2D eigenvalue weighted by atomic mass is 32.2. The lowest BCUT2D eigenvalue weighted by atomic mass is 10.4. The zero-order chi connectivity index (χ0) is 11.8. The van der Waals surface area contributed by atoms with Crippen molar-refractivity contribution in [1.29, 1.82) is 0 Å². The van der Waals surface area contributed by atoms with Crippen LogP contribution < -0.4 is 16.2 Å². The molecule has 1 aromatic heterocycles. The third-order valence-electron chi connectivity index (χ3n) is 1.75. The summed E-state index contributed by atoms with van der Waals surface area (Å²) in [5.74, 6) is 1.72. The fraction of sp³-hybridized carbons (Fsp3) is 0.444. The molecule has 0 atom stereocenters. The zero-order valence-electron chi connectivity index (χ0n) is 8.95. The van der Waals surface area contributed by atoms with E-state index in [0.29, 0.717) is 5.11 Å². The normalized spacial score (nSPS) is 9.81. The summed E-state index contributed by atoms with van der Waals surface area (Å²) in [6.45, 7) is 0.813. The Labute approximate surface area is 103 Å². The molecule has 16 heavy (non-hydrogen) atoms. The largest absolute Gasteiger partial charge is 0.366 e. The number of aromatic amines is 1. The van der Waals surface area contributed by atoms with Gasteiger partial charge in [-0.15, -0.1) is 0 Å². The molecule has 0 amide bonds. The molecule has 0 saturated heterocycles. The van der Waals surface area contributed by atoms with Crippen LogP contribution in [-0.4, -0.2) is 34.7 Å². The first-order valence-corrected chi connectivity index (χ1v) is 6.36. The van der Waals surface area contributed by atoms with Gasteiger partial charge in [0, 0.05) is 31.2 Å². The number of thioether (sulfide) groups is 1. The van der Waals surface area contributed by atoms with Gasteiger partial charge in [-0.05, 0) is 18.3 Å². The third-order valence-corrected chi connectivity index (χ3v) is 3.09. The predicted octanol–water partition coefficient (Wildman–Crippen LogP) is 0.0970. The van der Waals surface area contributed by atoms with Crippen LogP contribution >= 0.6 is 24.0 Å². The minimum Gasteiger partial charge on any atom is -0.366 e. The maximum absolute atomic E-state index is 10.7. The molecule has 0 radical (unpaired) electrons. The first kappa shape index (κ1) is 13.0. The molecular weight excluding hydrogens is 244 g/mol. The molecule has 0 saturated carbocycles. The molecule has 0 spiro atoms. The van der Waals surface area contributed by atoms with Crippen LogP contribution in [0.25, 0.3) is 0 Å². The Balaban J connectivity index is 2.14. The Kier molecular flexibility index (Phi) is 5.87. The summed E-state index contributed by atoms with van der Waals surface area (Å²) >= 11 is 6.66. The minimum absolute atomic E-state index is 0.171. The van der Waals surface area contributed by atoms with Gasteiger partial charge in [0.05, 0.1) is 5.69 Å². The van der Waals surface area contributed by atoms with Crippen LogP contribution in [-0.2, 0) is 5.75 Å². The predicted molar refractivity (Wildman–Crippen MR) is 70.7 cm³/mol. The summed E-state index contributed by atoms with van der Waals surface area (Å²) < 4.78 is 0. The summed E-state index contributed by atoms with van der Waals surface area (Å²) in [7, 11) is 1.78. The molecule has 0 aliphatic carbocycles. The molecule has 0 aliphatic rings. The van der Waals surface area contributed by atoms with E-state index < -0.39 is 0 Å². The maximum Gasteiger partial charge on any atom is 0.264 e. The Morgan fingerprint density at radius 3 is 3.06 bits per heavy atom. The van der Waals surface area contributed by atoms with Gasteiger partial charge in [-0.3, -0.25) is 4.79 Å². The maximum atomic E-state index is 10.7. The van der Waals surface area contributed by atoms with E-state index in [9.17, 15) is 4.79 Å². The van der Waals surface area contributed by atoms with Crippen molar-refractivity contribution >= 4 is 29.1 Å². The van der Waals surface area contributed by atoms with Gasteiger partial charge in [-0.2, -0.15) is 16.9 Å². The average Bonchev–Trinajstić information content (AvgIpc) is 2.31. The van der Waals surface area contributed by atoms with E-state index in [0.717, 1.165) is 23.7 Å². The van der Waals surface area contributed by atoms with Crippen LogP contribution in [0.15, 0.2) is 16.9 Å². The van der Waals surface area contributed by atoms with Crippen LogP contribution in [0, 0.1) is 0 Å². The fourth-order valence-electron chi connectivity index (χ4n) is 0.956. The van der Waals surface area contributed by atoms with Gasteiger partial charge < -0.3 is 10.6 Å². The quantitative estimate of drug-likeness (QED) is 0.514. The molecular formula is C9H14N4OS2. The Hall–Kier alpha value is -1.08. The molecule has 1 aromatic rings. The van der Waals surface area contributed by atoms with Crippen LogP contribution in [0.1, 0.15) is 5.69 Å². The standard InChI is InChI=1S/C9H14N4OS2/c1-10-9(15)11-4-5-16-6-7-2-3-8(14)13-12-7/h2-3H,4-6H2,1H3,(H,13,14)(H2,10,11,15). The molecule has 5 nitrogen and oxygen atoms in total. The van der Waals surface area contributed by atoms with Crippen molar-refractivity contribution in [1.82, 2.24) is 20.8 Å². The van der Waals surface area contributed by atoms with E-state index in [-0.39, 0.29) is 5.56 Å². The second kappa shape index (κ2) is 7.24. The molecule has 0 fully saturated rings. The minimum atomic E-state index is -0.171. The second-order valence-corrected chi connectivity index (χ2v) is 4.48. The van der Waals surface area contributed by atoms with Gasteiger partial charge in [0.2, 0.25) is 0 Å². The summed E-state index contributed by atoms with van der Waals surface area (Å²) in [6.07, 6.45) is 0. The summed E-state index contributed by atoms with van der Waals surface area (Å²) in [5.41, 5.74) is 0.704. The number of H-pyrrole nitrogens is 1. The van der Waals surface area contributed by atoms with E-state index in [1.54, 1.807) is 24.9 Å². The Morgan fingerprint density at radius 2 is 2.44 bits per heavy atom. The van der Waals surface area contributed by atoms with E-state index >= 15 is 0 Å². The fourth-order valence-corrected chi connectivity index (χ4v) is 1.82. The van der Waals surface area contributed by atoms with Gasteiger partial charge in [0.15, 0.2) is 5.11 Å². The molecule has 1 heterocycles. The lowest BCUT2D eigenvalue weighted by Crippen LogP contribution is -2.33. The summed E-state index contributed by atoms with van der Waals surface area (Å²) in [5, 5.41) is 12.9. The van der Waals surface area contributed by atoms with Gasteiger partial charge in [-0.1, -0.05) is 0 Å². The molecule has 1 rings (SSSR count). The summed E-state index contributed by atoms with van der Waals surface area (Å²) in [6, 6.07) is 3.22. The van der Waals surface area contributed by atoms with E-state index in [2.05, 4.69) is 20.8 Å². The molecule has 0 bridgehead atoms. The summed E-state index contributed by atoms with van der Waals surface area (Å²) in [4.78, 5) is 10.7. The molecule has 0 aliphatic heterocycles. The van der Waals surface area contributed by atoms with Crippen LogP contribution in [0.5, 0.6) is 0 Å². The van der Waals surface area contributed by atoms with Crippen LogP contribution in [0.4, 0.5) is 0 Å². The van der Waals surface area contributed by atoms with E-state index in [4.69, 9.17) is 12.2 Å². The highest BCUT2D eigenvalue weighted by Crippen LogP contribution is 2.06. The van der Waals surface area contributed by atoms with Crippen molar-refractivity contribution < 1.29 is 0 Å². The molecule has 0 unspecified atom stereocenters. The van der Waals surface area contributed by atoms with E-state index in [1.807, 2.05) is 0 Å². The molecule has 88 valence electrons. The molecule has 0 aromatic carbocycles. The number of aromatic nitrogens is 2. The highest BCUT2D eigenvalue weighted by Gasteiger charge is 1.96. The Bertz CT molecular complexity index is 373. The number of rotatable bonds is 5. The van der Waals surface area contributed by atoms with Gasteiger partial charge in [0.25, 0.3) is 5.56 Å². The van der Waals surface area contributed by atoms with Gasteiger partial charge in [-0.25, -0.2) is 5.10 Å². The smallest absolute Gasteiger partial charge is 0.264 e. The molecule has 7 heteroatoms. The first-order valence-electron chi connectivity index (χ1n) is 4.80. The van der Waals surface area contributed by atoms with Crippen molar-refractivity contribution in [2.75, 3.05) is 19.3 Å². The molecule has 3 N–H and O–H groups in total. The number of nitrogens with zero attached hydrogens (tertiary/aromatic N) is 1. The first-order chi connectivity index (χ1) is 7.72. The van der Waals surface area contributed by atoms with Crippen LogP contribution in [0.2, 0.25) is 0 Å². The van der Waals surface area contributed by atoms with Crippen molar-refractivity contribution in [2.45, 2.75) is 5.75 Å². The lowest BCUT2D eigenvalue weighted by Gasteiger charge is -2.05. The average molecular weight is 258 g/mol. The zero-order valence-corrected chi connectivity index (χ0v) is 10.6. The highest BCUT2D eigenvalue weighted by molar-refractivity contribution is 7.98. The van der Waals surface area contributed by atoms with Crippen molar-refractivity contribution in [3.05, 3.63) is 28.2 Å². The number of nitrogens with one attached hydrogen (secondary N) is 3. The third kappa shape index (κ3) is 5.13. The SMILES string of the molecule is CNC(=S)NCCSCc1ccc(=O)[nH]n1. The van der Waals surface area contributed by atoms with Gasteiger partial charge in [0.1, 0.15) is 0 Å². The van der Waals surface area contributed by atoms with Gasteiger partial charge >= 0.3 is 0 Å². The Morgan fingerprint density at radius 1 is 1.62 bits per heavy atom. The number of hydrogen-bond acceptors (Lipinski definition) is 4. The van der Waals surface area contributed by atoms with E-state index in [1.165, 1.54) is 6.07 Å². The number of hydrogen-bond donors (Lipinski definition) is 3. The topological polar surface area (TPSA) is 69.8 Å². The number of thiocarbonyl (C=S) groups is 1. The van der Waals surface area contributed by atoms with Crippen molar-refractivity contribution in [3.8, 4) is 0 Å². The lowest BCUT2D eigenvalue weighted by molar-refractivity contribution is 0.930. The monoisotopic (exact) mass is 258 g/mol. The van der Waals surface area contributed by atoms with Crippen molar-refractivity contribution in [3.63, 3.8) is 0 Å². The second-order valence-electron chi connectivity index (χ2n) is 2.97.